The molecule has 3 nitrogen and oxygen atoms in total. The van der Waals surface area contributed by atoms with Crippen molar-refractivity contribution in [3.63, 3.8) is 0 Å². The van der Waals surface area contributed by atoms with Crippen molar-refractivity contribution in [2.75, 3.05) is 13.1 Å². The van der Waals surface area contributed by atoms with Gasteiger partial charge in [0, 0.05) is 37.5 Å². The van der Waals surface area contributed by atoms with Gasteiger partial charge < -0.3 is 4.90 Å². The van der Waals surface area contributed by atoms with Crippen molar-refractivity contribution in [3.05, 3.63) is 35.2 Å². The maximum absolute atomic E-state index is 12.2. The van der Waals surface area contributed by atoms with Crippen molar-refractivity contribution in [3.8, 4) is 12.3 Å². The van der Waals surface area contributed by atoms with Gasteiger partial charge in [-0.15, -0.1) is 6.42 Å². The summed E-state index contributed by atoms with van der Waals surface area (Å²) in [4.78, 5) is 18.6. The van der Waals surface area contributed by atoms with E-state index in [4.69, 9.17) is 6.42 Å². The summed E-state index contributed by atoms with van der Waals surface area (Å²) in [6.45, 7) is 1.96. The average Bonchev–Trinajstić information content (AvgIpc) is 2.46. The molecular formula is C16H16N2O. The number of nitrogens with zero attached hydrogens (tertiary/aromatic N) is 2. The lowest BCUT2D eigenvalue weighted by Gasteiger charge is -2.34. The lowest BCUT2D eigenvalue weighted by molar-refractivity contribution is -0.114. The monoisotopic (exact) mass is 252 g/mol. The van der Waals surface area contributed by atoms with Crippen molar-refractivity contribution in [2.24, 2.45) is 0 Å². The molecule has 0 bridgehead atoms. The highest BCUT2D eigenvalue weighted by atomic mass is 16.1. The number of carbonyl (C=O) groups is 1. The third-order valence-electron chi connectivity index (χ3n) is 3.84. The fraction of sp³-hybridized carbons (Fsp3) is 0.375. The number of piperidine rings is 1. The Morgan fingerprint density at radius 1 is 1.26 bits per heavy atom. The second-order valence-electron chi connectivity index (χ2n) is 5.05. The van der Waals surface area contributed by atoms with Gasteiger partial charge in [0.05, 0.1) is 11.3 Å². The molecule has 1 aliphatic heterocycles. The van der Waals surface area contributed by atoms with Crippen LogP contribution in [0, 0.1) is 12.3 Å². The van der Waals surface area contributed by atoms with Gasteiger partial charge in [-0.3, -0.25) is 9.78 Å². The molecule has 3 rings (SSSR count). The number of aromatic nitrogens is 1. The largest absolute Gasteiger partial charge is 0.370 e. The molecule has 0 radical (unpaired) electrons. The molecule has 1 fully saturated rings. The number of fused-ring (bicyclic) bond motifs is 1. The number of hydrogen-bond acceptors (Lipinski definition) is 3. The summed E-state index contributed by atoms with van der Waals surface area (Å²) in [5.41, 5.74) is 3.58. The molecule has 96 valence electrons. The molecule has 2 heterocycles. The van der Waals surface area contributed by atoms with Gasteiger partial charge >= 0.3 is 0 Å². The van der Waals surface area contributed by atoms with Crippen molar-refractivity contribution < 1.29 is 4.79 Å². The summed E-state index contributed by atoms with van der Waals surface area (Å²) in [5, 5.41) is 0. The molecule has 0 unspecified atom stereocenters. The highest BCUT2D eigenvalue weighted by Gasteiger charge is 2.28. The van der Waals surface area contributed by atoms with Crippen molar-refractivity contribution >= 4 is 11.5 Å². The molecular weight excluding hydrogens is 236 g/mol. The van der Waals surface area contributed by atoms with Crippen LogP contribution < -0.4 is 0 Å². The first-order valence-electron chi connectivity index (χ1n) is 6.73. The van der Waals surface area contributed by atoms with Gasteiger partial charge in [-0.2, -0.15) is 0 Å². The normalized spacial score (nSPS) is 19.1. The van der Waals surface area contributed by atoms with E-state index in [1.54, 1.807) is 12.4 Å². The molecule has 0 N–H and O–H groups in total. The smallest absolute Gasteiger partial charge is 0.177 e. The van der Waals surface area contributed by atoms with Crippen LogP contribution in [0.1, 0.15) is 30.4 Å². The van der Waals surface area contributed by atoms with E-state index < -0.39 is 0 Å². The van der Waals surface area contributed by atoms with E-state index in [9.17, 15) is 4.79 Å². The summed E-state index contributed by atoms with van der Waals surface area (Å²) in [6, 6.07) is 1.98. The topological polar surface area (TPSA) is 33.2 Å². The SMILES string of the molecule is C#CC1=C(N2CCCCC2)c2ccncc2CC1=O. The standard InChI is InChI=1S/C16H16N2O/c1-2-13-15(19)10-12-11-17-7-6-14(12)16(13)18-8-4-3-5-9-18/h1,6-7,11H,3-5,8-10H2. The minimum absolute atomic E-state index is 0.0450. The highest BCUT2D eigenvalue weighted by molar-refractivity contribution is 6.10. The molecule has 3 heteroatoms. The summed E-state index contributed by atoms with van der Waals surface area (Å²) in [5.74, 6) is 2.65. The third kappa shape index (κ3) is 2.04. The maximum atomic E-state index is 12.2. The van der Waals surface area contributed by atoms with Gasteiger partial charge in [-0.25, -0.2) is 0 Å². The first-order valence-corrected chi connectivity index (χ1v) is 6.73. The Bertz CT molecular complexity index is 589. The number of ketones is 1. The molecule has 19 heavy (non-hydrogen) atoms. The van der Waals surface area contributed by atoms with Crippen LogP contribution in [0.3, 0.4) is 0 Å². The Hall–Kier alpha value is -2.08. The summed E-state index contributed by atoms with van der Waals surface area (Å²) in [7, 11) is 0. The van der Waals surface area contributed by atoms with Crippen LogP contribution in [-0.4, -0.2) is 28.8 Å². The summed E-state index contributed by atoms with van der Waals surface area (Å²) < 4.78 is 0. The lowest BCUT2D eigenvalue weighted by atomic mass is 9.88. The van der Waals surface area contributed by atoms with Crippen LogP contribution in [0.25, 0.3) is 5.70 Å². The van der Waals surface area contributed by atoms with E-state index in [1.807, 2.05) is 6.07 Å². The van der Waals surface area contributed by atoms with E-state index in [1.165, 1.54) is 6.42 Å². The van der Waals surface area contributed by atoms with Gasteiger partial charge in [0.25, 0.3) is 0 Å². The zero-order chi connectivity index (χ0) is 13.2. The van der Waals surface area contributed by atoms with Crippen LogP contribution in [0.4, 0.5) is 0 Å². The number of hydrogen-bond donors (Lipinski definition) is 0. The first-order chi connectivity index (χ1) is 9.31. The van der Waals surface area contributed by atoms with Crippen LogP contribution in [0.2, 0.25) is 0 Å². The number of allylic oxidation sites excluding steroid dienone is 1. The quantitative estimate of drug-likeness (QED) is 0.717. The van der Waals surface area contributed by atoms with Crippen molar-refractivity contribution in [1.82, 2.24) is 9.88 Å². The van der Waals surface area contributed by atoms with Gasteiger partial charge in [-0.05, 0) is 30.9 Å². The van der Waals surface area contributed by atoms with Gasteiger partial charge in [0.2, 0.25) is 0 Å². The maximum Gasteiger partial charge on any atom is 0.177 e. The number of carbonyl (C=O) groups excluding carboxylic acids is 1. The van der Waals surface area contributed by atoms with Crippen LogP contribution in [0.15, 0.2) is 24.0 Å². The number of rotatable bonds is 1. The Kier molecular flexibility index (Phi) is 3.08. The van der Waals surface area contributed by atoms with Crippen LogP contribution in [-0.2, 0) is 11.2 Å². The molecule has 1 aliphatic carbocycles. The van der Waals surface area contributed by atoms with E-state index in [2.05, 4.69) is 15.8 Å². The number of terminal acetylenes is 1. The molecule has 0 spiro atoms. The van der Waals surface area contributed by atoms with Gasteiger partial charge in [-0.1, -0.05) is 5.92 Å². The number of Topliss-reactive ketones (excluding diaryl/α,β-unsaturated/α-hetero) is 1. The summed E-state index contributed by atoms with van der Waals surface area (Å²) in [6.07, 6.45) is 13.1. The zero-order valence-electron chi connectivity index (χ0n) is 10.9. The van der Waals surface area contributed by atoms with Gasteiger partial charge in [0.15, 0.2) is 5.78 Å². The van der Waals surface area contributed by atoms with E-state index in [0.717, 1.165) is 42.8 Å². The molecule has 0 amide bonds. The first kappa shape index (κ1) is 12.0. The van der Waals surface area contributed by atoms with Crippen molar-refractivity contribution in [2.45, 2.75) is 25.7 Å². The Morgan fingerprint density at radius 2 is 2.05 bits per heavy atom. The molecule has 0 aromatic carbocycles. The molecule has 2 aliphatic rings. The van der Waals surface area contributed by atoms with Gasteiger partial charge in [0.1, 0.15) is 0 Å². The van der Waals surface area contributed by atoms with Crippen molar-refractivity contribution in [1.29, 1.82) is 0 Å². The lowest BCUT2D eigenvalue weighted by Crippen LogP contribution is -2.32. The fourth-order valence-electron chi connectivity index (χ4n) is 2.92. The van der Waals surface area contributed by atoms with E-state index in [0.29, 0.717) is 12.0 Å². The zero-order valence-corrected chi connectivity index (χ0v) is 10.9. The third-order valence-corrected chi connectivity index (χ3v) is 3.84. The number of pyridine rings is 1. The minimum atomic E-state index is 0.0450. The molecule has 0 saturated carbocycles. The van der Waals surface area contributed by atoms with Crippen LogP contribution in [0.5, 0.6) is 0 Å². The van der Waals surface area contributed by atoms with E-state index >= 15 is 0 Å². The fourth-order valence-corrected chi connectivity index (χ4v) is 2.92. The Morgan fingerprint density at radius 3 is 2.79 bits per heavy atom. The molecule has 1 aromatic rings. The Labute approximate surface area is 113 Å². The van der Waals surface area contributed by atoms with E-state index in [-0.39, 0.29) is 5.78 Å². The molecule has 1 aromatic heterocycles. The predicted octanol–water partition coefficient (Wildman–Crippen LogP) is 2.04. The molecule has 1 saturated heterocycles. The highest BCUT2D eigenvalue weighted by Crippen LogP contribution is 2.33. The number of likely N-dealkylation sites (tertiary alicyclic amines) is 1. The average molecular weight is 252 g/mol. The minimum Gasteiger partial charge on any atom is -0.370 e. The predicted molar refractivity (Wildman–Crippen MR) is 74.1 cm³/mol. The molecule has 0 atom stereocenters. The Balaban J connectivity index is 2.14. The second kappa shape index (κ2) is 4.89. The second-order valence-corrected chi connectivity index (χ2v) is 5.05. The summed E-state index contributed by atoms with van der Waals surface area (Å²) >= 11 is 0. The van der Waals surface area contributed by atoms with Crippen LogP contribution >= 0.6 is 0 Å².